The Labute approximate surface area is 151 Å². The number of rotatable bonds is 8. The normalized spacial score (nSPS) is 11.8. The fourth-order valence-electron chi connectivity index (χ4n) is 1.89. The van der Waals surface area contributed by atoms with Crippen LogP contribution in [0.1, 0.15) is 36.8 Å². The SMILES string of the molecule is CC(C)C(C)NC(=O)COC(=O)c1csc(NCc2ccccc2)n1. The fraction of sp³-hybridized carbons (Fsp3) is 0.389. The lowest BCUT2D eigenvalue weighted by molar-refractivity contribution is -0.125. The van der Waals surface area contributed by atoms with Crippen molar-refractivity contribution in [3.05, 3.63) is 47.0 Å². The molecule has 0 spiro atoms. The summed E-state index contributed by atoms with van der Waals surface area (Å²) in [6, 6.07) is 9.93. The van der Waals surface area contributed by atoms with Gasteiger partial charge in [0.1, 0.15) is 0 Å². The minimum Gasteiger partial charge on any atom is -0.451 e. The quantitative estimate of drug-likeness (QED) is 0.706. The lowest BCUT2D eigenvalue weighted by Crippen LogP contribution is -2.38. The first kappa shape index (κ1) is 18.9. The molecule has 1 aromatic carbocycles. The molecule has 25 heavy (non-hydrogen) atoms. The summed E-state index contributed by atoms with van der Waals surface area (Å²) in [6.07, 6.45) is 0. The van der Waals surface area contributed by atoms with Gasteiger partial charge in [-0.25, -0.2) is 9.78 Å². The first-order valence-electron chi connectivity index (χ1n) is 8.15. The molecule has 2 rings (SSSR count). The van der Waals surface area contributed by atoms with Crippen molar-refractivity contribution in [1.82, 2.24) is 10.3 Å². The maximum Gasteiger partial charge on any atom is 0.358 e. The lowest BCUT2D eigenvalue weighted by Gasteiger charge is -2.17. The number of hydrogen-bond donors (Lipinski definition) is 2. The minimum atomic E-state index is -0.601. The topological polar surface area (TPSA) is 80.3 Å². The number of anilines is 1. The molecule has 134 valence electrons. The third-order valence-corrected chi connectivity index (χ3v) is 4.52. The summed E-state index contributed by atoms with van der Waals surface area (Å²) in [5, 5.41) is 8.19. The highest BCUT2D eigenvalue weighted by atomic mass is 32.1. The molecule has 0 saturated carbocycles. The molecule has 0 aliphatic rings. The molecule has 0 fully saturated rings. The zero-order valence-electron chi connectivity index (χ0n) is 14.6. The monoisotopic (exact) mass is 361 g/mol. The van der Waals surface area contributed by atoms with Crippen LogP contribution in [0.5, 0.6) is 0 Å². The lowest BCUT2D eigenvalue weighted by atomic mass is 10.1. The highest BCUT2D eigenvalue weighted by molar-refractivity contribution is 7.13. The zero-order chi connectivity index (χ0) is 18.2. The Bertz CT molecular complexity index is 701. The van der Waals surface area contributed by atoms with Crippen LogP contribution in [-0.2, 0) is 16.1 Å². The molecule has 1 atom stereocenters. The third-order valence-electron chi connectivity index (χ3n) is 3.72. The Balaban J connectivity index is 1.79. The van der Waals surface area contributed by atoms with Gasteiger partial charge < -0.3 is 15.4 Å². The van der Waals surface area contributed by atoms with Gasteiger partial charge in [0.15, 0.2) is 17.4 Å². The molecule has 6 nitrogen and oxygen atoms in total. The van der Waals surface area contributed by atoms with Crippen molar-refractivity contribution in [1.29, 1.82) is 0 Å². The molecule has 7 heteroatoms. The number of thiazole rings is 1. The van der Waals surface area contributed by atoms with E-state index in [9.17, 15) is 9.59 Å². The van der Waals surface area contributed by atoms with E-state index in [-0.39, 0.29) is 24.2 Å². The Morgan fingerprint density at radius 1 is 1.20 bits per heavy atom. The summed E-state index contributed by atoms with van der Waals surface area (Å²) in [5.41, 5.74) is 1.32. The molecule has 2 aromatic rings. The van der Waals surface area contributed by atoms with Gasteiger partial charge in [-0.05, 0) is 18.4 Å². The van der Waals surface area contributed by atoms with E-state index in [1.807, 2.05) is 51.1 Å². The number of carbonyl (C=O) groups is 2. The van der Waals surface area contributed by atoms with Gasteiger partial charge in [0.2, 0.25) is 0 Å². The van der Waals surface area contributed by atoms with Crippen LogP contribution in [0.2, 0.25) is 0 Å². The van der Waals surface area contributed by atoms with Crippen LogP contribution < -0.4 is 10.6 Å². The molecule has 1 amide bonds. The van der Waals surface area contributed by atoms with Crippen LogP contribution in [0.15, 0.2) is 35.7 Å². The third kappa shape index (κ3) is 6.19. The highest BCUT2D eigenvalue weighted by Crippen LogP contribution is 2.17. The average molecular weight is 361 g/mol. The standard InChI is InChI=1S/C18H23N3O3S/c1-12(2)13(3)20-16(22)10-24-17(23)15-11-25-18(21-15)19-9-14-7-5-4-6-8-14/h4-8,11-13H,9-10H2,1-3H3,(H,19,21)(H,20,22). The van der Waals surface area contributed by atoms with Crippen LogP contribution in [0, 0.1) is 5.92 Å². The number of hydrogen-bond acceptors (Lipinski definition) is 6. The molecular weight excluding hydrogens is 338 g/mol. The number of amides is 1. The Hall–Kier alpha value is -2.41. The number of ether oxygens (including phenoxy) is 1. The van der Waals surface area contributed by atoms with Gasteiger partial charge >= 0.3 is 5.97 Å². The van der Waals surface area contributed by atoms with E-state index in [0.717, 1.165) is 5.56 Å². The van der Waals surface area contributed by atoms with Gasteiger partial charge in [-0.2, -0.15) is 0 Å². The van der Waals surface area contributed by atoms with Crippen molar-refractivity contribution in [2.45, 2.75) is 33.4 Å². The Morgan fingerprint density at radius 3 is 2.60 bits per heavy atom. The number of esters is 1. The van der Waals surface area contributed by atoms with E-state index in [0.29, 0.717) is 17.6 Å². The van der Waals surface area contributed by atoms with Crippen LogP contribution in [0.25, 0.3) is 0 Å². The molecule has 0 radical (unpaired) electrons. The van der Waals surface area contributed by atoms with Crippen molar-refractivity contribution in [2.24, 2.45) is 5.92 Å². The molecule has 1 heterocycles. The summed E-state index contributed by atoms with van der Waals surface area (Å²) < 4.78 is 5.01. The number of aromatic nitrogens is 1. The number of nitrogens with one attached hydrogen (secondary N) is 2. The van der Waals surface area contributed by atoms with E-state index < -0.39 is 5.97 Å². The molecule has 0 saturated heterocycles. The van der Waals surface area contributed by atoms with Gasteiger partial charge in [-0.15, -0.1) is 11.3 Å². The minimum absolute atomic E-state index is 0.0271. The van der Waals surface area contributed by atoms with Crippen molar-refractivity contribution in [3.8, 4) is 0 Å². The summed E-state index contributed by atoms with van der Waals surface area (Å²) >= 11 is 1.32. The molecular formula is C18H23N3O3S. The van der Waals surface area contributed by atoms with Crippen molar-refractivity contribution >= 4 is 28.3 Å². The van der Waals surface area contributed by atoms with Crippen LogP contribution in [0.3, 0.4) is 0 Å². The number of nitrogens with zero attached hydrogens (tertiary/aromatic N) is 1. The van der Waals surface area contributed by atoms with E-state index in [4.69, 9.17) is 4.74 Å². The van der Waals surface area contributed by atoms with Crippen molar-refractivity contribution < 1.29 is 14.3 Å². The largest absolute Gasteiger partial charge is 0.451 e. The average Bonchev–Trinajstić information content (AvgIpc) is 3.07. The first-order valence-corrected chi connectivity index (χ1v) is 9.03. The van der Waals surface area contributed by atoms with Crippen LogP contribution >= 0.6 is 11.3 Å². The van der Waals surface area contributed by atoms with E-state index in [1.54, 1.807) is 5.38 Å². The molecule has 1 aromatic heterocycles. The maximum absolute atomic E-state index is 12.0. The second-order valence-corrected chi connectivity index (χ2v) is 6.91. The molecule has 0 aliphatic heterocycles. The van der Waals surface area contributed by atoms with E-state index in [2.05, 4.69) is 15.6 Å². The van der Waals surface area contributed by atoms with E-state index >= 15 is 0 Å². The summed E-state index contributed by atoms with van der Waals surface area (Å²) in [5.74, 6) is -0.597. The maximum atomic E-state index is 12.0. The van der Waals surface area contributed by atoms with E-state index in [1.165, 1.54) is 11.3 Å². The first-order chi connectivity index (χ1) is 12.0. The van der Waals surface area contributed by atoms with Gasteiger partial charge in [0.05, 0.1) is 0 Å². The fourth-order valence-corrected chi connectivity index (χ4v) is 2.57. The van der Waals surface area contributed by atoms with Crippen LogP contribution in [-0.4, -0.2) is 29.5 Å². The zero-order valence-corrected chi connectivity index (χ0v) is 15.4. The molecule has 2 N–H and O–H groups in total. The van der Waals surface area contributed by atoms with Crippen molar-refractivity contribution in [2.75, 3.05) is 11.9 Å². The summed E-state index contributed by atoms with van der Waals surface area (Å²) in [7, 11) is 0. The van der Waals surface area contributed by atoms with Gasteiger partial charge in [-0.1, -0.05) is 44.2 Å². The molecule has 0 aliphatic carbocycles. The van der Waals surface area contributed by atoms with Crippen molar-refractivity contribution in [3.63, 3.8) is 0 Å². The molecule has 1 unspecified atom stereocenters. The second kappa shape index (κ2) is 9.17. The highest BCUT2D eigenvalue weighted by Gasteiger charge is 2.16. The molecule has 0 bridgehead atoms. The smallest absolute Gasteiger partial charge is 0.358 e. The second-order valence-electron chi connectivity index (χ2n) is 6.05. The Kier molecular flexibility index (Phi) is 6.94. The Morgan fingerprint density at radius 2 is 1.92 bits per heavy atom. The van der Waals surface area contributed by atoms with Crippen LogP contribution in [0.4, 0.5) is 5.13 Å². The number of benzene rings is 1. The number of carbonyl (C=O) groups excluding carboxylic acids is 2. The predicted molar refractivity (Wildman–Crippen MR) is 98.6 cm³/mol. The van der Waals surface area contributed by atoms with Gasteiger partial charge in [0, 0.05) is 18.0 Å². The van der Waals surface area contributed by atoms with Gasteiger partial charge in [-0.3, -0.25) is 4.79 Å². The summed E-state index contributed by atoms with van der Waals surface area (Å²) in [4.78, 5) is 27.9. The predicted octanol–water partition coefficient (Wildman–Crippen LogP) is 3.07. The van der Waals surface area contributed by atoms with Gasteiger partial charge in [0.25, 0.3) is 5.91 Å². The summed E-state index contributed by atoms with van der Waals surface area (Å²) in [6.45, 7) is 6.25.